The molecule has 1 heterocycles. The number of anilines is 1. The monoisotopic (exact) mass is 359 g/mol. The number of aryl methyl sites for hydroxylation is 1. The summed E-state index contributed by atoms with van der Waals surface area (Å²) in [4.78, 5) is 13.2. The molecule has 3 rings (SSSR count). The van der Waals surface area contributed by atoms with Gasteiger partial charge in [0, 0.05) is 23.9 Å². The van der Waals surface area contributed by atoms with Crippen LogP contribution in [0.5, 0.6) is 5.75 Å². The summed E-state index contributed by atoms with van der Waals surface area (Å²) in [5.74, 6) is 0.748. The lowest BCUT2D eigenvalue weighted by Crippen LogP contribution is -2.44. The van der Waals surface area contributed by atoms with Crippen LogP contribution < -0.4 is 10.1 Å². The standard InChI is InChI=1S/C20H22ClNO3/c1-14-3-6-16(13-18(14)21)22-19(23)20(9-11-25-12-10-20)15-4-7-17(24-2)8-5-15/h3-8,13H,9-12H2,1-2H3,(H,22,23). The molecule has 25 heavy (non-hydrogen) atoms. The third kappa shape index (κ3) is 3.65. The number of hydrogen-bond donors (Lipinski definition) is 1. The normalized spacial score (nSPS) is 16.3. The van der Waals surface area contributed by atoms with Gasteiger partial charge in [0.25, 0.3) is 0 Å². The van der Waals surface area contributed by atoms with E-state index >= 15 is 0 Å². The molecule has 0 bridgehead atoms. The molecule has 1 N–H and O–H groups in total. The van der Waals surface area contributed by atoms with Gasteiger partial charge in [-0.2, -0.15) is 0 Å². The first-order chi connectivity index (χ1) is 12.0. The average molecular weight is 360 g/mol. The molecule has 0 spiro atoms. The Morgan fingerprint density at radius 3 is 2.44 bits per heavy atom. The van der Waals surface area contributed by atoms with Crippen LogP contribution in [-0.2, 0) is 14.9 Å². The first-order valence-corrected chi connectivity index (χ1v) is 8.73. The van der Waals surface area contributed by atoms with Crippen molar-refractivity contribution in [2.45, 2.75) is 25.2 Å². The van der Waals surface area contributed by atoms with Crippen LogP contribution in [-0.4, -0.2) is 26.2 Å². The van der Waals surface area contributed by atoms with Crippen molar-refractivity contribution < 1.29 is 14.3 Å². The molecular formula is C20H22ClNO3. The van der Waals surface area contributed by atoms with Crippen LogP contribution in [0.1, 0.15) is 24.0 Å². The number of halogens is 1. The number of ether oxygens (including phenoxy) is 2. The van der Waals surface area contributed by atoms with E-state index in [-0.39, 0.29) is 5.91 Å². The summed E-state index contributed by atoms with van der Waals surface area (Å²) in [5, 5.41) is 3.68. The van der Waals surface area contributed by atoms with Gasteiger partial charge in [0.2, 0.25) is 5.91 Å². The van der Waals surface area contributed by atoms with Crippen LogP contribution in [0.25, 0.3) is 0 Å². The molecule has 1 aliphatic rings. The highest BCUT2D eigenvalue weighted by Crippen LogP contribution is 2.37. The van der Waals surface area contributed by atoms with E-state index in [9.17, 15) is 4.79 Å². The summed E-state index contributed by atoms with van der Waals surface area (Å²) in [6.07, 6.45) is 1.29. The molecule has 1 amide bonds. The lowest BCUT2D eigenvalue weighted by molar-refractivity contribution is -0.125. The maximum atomic E-state index is 13.2. The molecular weight excluding hydrogens is 338 g/mol. The highest BCUT2D eigenvalue weighted by molar-refractivity contribution is 6.31. The Morgan fingerprint density at radius 2 is 1.84 bits per heavy atom. The fourth-order valence-corrected chi connectivity index (χ4v) is 3.38. The van der Waals surface area contributed by atoms with Crippen LogP contribution in [0.3, 0.4) is 0 Å². The highest BCUT2D eigenvalue weighted by Gasteiger charge is 2.41. The Hall–Kier alpha value is -2.04. The van der Waals surface area contributed by atoms with Gasteiger partial charge in [-0.1, -0.05) is 29.8 Å². The van der Waals surface area contributed by atoms with Gasteiger partial charge in [-0.3, -0.25) is 4.79 Å². The van der Waals surface area contributed by atoms with Crippen LogP contribution in [0.2, 0.25) is 5.02 Å². The van der Waals surface area contributed by atoms with Crippen LogP contribution in [0.15, 0.2) is 42.5 Å². The Balaban J connectivity index is 1.90. The summed E-state index contributed by atoms with van der Waals surface area (Å²) in [6.45, 7) is 3.06. The number of amides is 1. The Labute approximate surface area is 153 Å². The molecule has 1 aliphatic heterocycles. The van der Waals surface area contributed by atoms with Gasteiger partial charge in [0.1, 0.15) is 5.75 Å². The van der Waals surface area contributed by atoms with Crippen LogP contribution in [0.4, 0.5) is 5.69 Å². The predicted octanol–water partition coefficient (Wildman–Crippen LogP) is 4.34. The molecule has 0 unspecified atom stereocenters. The molecule has 4 nitrogen and oxygen atoms in total. The molecule has 0 atom stereocenters. The van der Waals surface area contributed by atoms with Crippen molar-refractivity contribution in [2.75, 3.05) is 25.6 Å². The second-order valence-electron chi connectivity index (χ2n) is 6.34. The number of benzene rings is 2. The van der Waals surface area contributed by atoms with Crippen LogP contribution in [0, 0.1) is 6.92 Å². The van der Waals surface area contributed by atoms with E-state index in [1.54, 1.807) is 13.2 Å². The molecule has 1 fully saturated rings. The zero-order chi connectivity index (χ0) is 17.9. The molecule has 2 aromatic rings. The Morgan fingerprint density at radius 1 is 1.16 bits per heavy atom. The minimum absolute atomic E-state index is 0.0270. The number of rotatable bonds is 4. The predicted molar refractivity (Wildman–Crippen MR) is 99.5 cm³/mol. The number of carbonyl (C=O) groups excluding carboxylic acids is 1. The van der Waals surface area contributed by atoms with E-state index < -0.39 is 5.41 Å². The van der Waals surface area contributed by atoms with E-state index in [1.807, 2.05) is 43.3 Å². The van der Waals surface area contributed by atoms with Gasteiger partial charge in [-0.05, 0) is 55.2 Å². The van der Waals surface area contributed by atoms with Gasteiger partial charge in [0.05, 0.1) is 12.5 Å². The largest absolute Gasteiger partial charge is 0.497 e. The SMILES string of the molecule is COc1ccc(C2(C(=O)Nc3ccc(C)c(Cl)c3)CCOCC2)cc1. The molecule has 132 valence electrons. The molecule has 0 saturated carbocycles. The molecule has 1 saturated heterocycles. The third-order valence-electron chi connectivity index (χ3n) is 4.85. The first-order valence-electron chi connectivity index (χ1n) is 8.35. The van der Waals surface area contributed by atoms with Gasteiger partial charge in [-0.15, -0.1) is 0 Å². The summed E-state index contributed by atoms with van der Waals surface area (Å²) in [6, 6.07) is 13.3. The highest BCUT2D eigenvalue weighted by atomic mass is 35.5. The molecule has 0 aliphatic carbocycles. The molecule has 0 radical (unpaired) electrons. The van der Waals surface area contributed by atoms with E-state index in [4.69, 9.17) is 21.1 Å². The van der Waals surface area contributed by atoms with Crippen LogP contribution >= 0.6 is 11.6 Å². The summed E-state index contributed by atoms with van der Waals surface area (Å²) >= 11 is 6.18. The van der Waals surface area contributed by atoms with Gasteiger partial charge in [-0.25, -0.2) is 0 Å². The quantitative estimate of drug-likeness (QED) is 0.883. The topological polar surface area (TPSA) is 47.6 Å². The van der Waals surface area contributed by atoms with Crippen molar-refractivity contribution in [3.05, 3.63) is 58.6 Å². The number of nitrogens with one attached hydrogen (secondary N) is 1. The fraction of sp³-hybridized carbons (Fsp3) is 0.350. The molecule has 2 aromatic carbocycles. The lowest BCUT2D eigenvalue weighted by Gasteiger charge is -2.36. The number of hydrogen-bond acceptors (Lipinski definition) is 3. The maximum Gasteiger partial charge on any atom is 0.235 e. The van der Waals surface area contributed by atoms with Gasteiger partial charge < -0.3 is 14.8 Å². The van der Waals surface area contributed by atoms with E-state index in [0.29, 0.717) is 36.8 Å². The van der Waals surface area contributed by atoms with Crippen molar-refractivity contribution in [1.82, 2.24) is 0 Å². The van der Waals surface area contributed by atoms with Crippen molar-refractivity contribution >= 4 is 23.2 Å². The van der Waals surface area contributed by atoms with Crippen molar-refractivity contribution in [1.29, 1.82) is 0 Å². The number of carbonyl (C=O) groups is 1. The van der Waals surface area contributed by atoms with Gasteiger partial charge in [0.15, 0.2) is 0 Å². The molecule has 5 heteroatoms. The van der Waals surface area contributed by atoms with E-state index in [1.165, 1.54) is 0 Å². The first kappa shape index (κ1) is 17.8. The third-order valence-corrected chi connectivity index (χ3v) is 5.26. The smallest absolute Gasteiger partial charge is 0.235 e. The summed E-state index contributed by atoms with van der Waals surface area (Å²) < 4.78 is 10.7. The zero-order valence-electron chi connectivity index (χ0n) is 14.5. The lowest BCUT2D eigenvalue weighted by atomic mass is 9.73. The minimum Gasteiger partial charge on any atom is -0.497 e. The second-order valence-corrected chi connectivity index (χ2v) is 6.75. The van der Waals surface area contributed by atoms with Crippen molar-refractivity contribution in [3.8, 4) is 5.75 Å². The number of methoxy groups -OCH3 is 1. The van der Waals surface area contributed by atoms with E-state index in [0.717, 1.165) is 16.9 Å². The summed E-state index contributed by atoms with van der Waals surface area (Å²) in [7, 11) is 1.63. The molecule has 0 aromatic heterocycles. The minimum atomic E-state index is -0.609. The Kier molecular flexibility index (Phi) is 5.30. The van der Waals surface area contributed by atoms with E-state index in [2.05, 4.69) is 5.32 Å². The Bertz CT molecular complexity index is 752. The summed E-state index contributed by atoms with van der Waals surface area (Å²) in [5.41, 5.74) is 2.06. The van der Waals surface area contributed by atoms with Gasteiger partial charge >= 0.3 is 0 Å². The van der Waals surface area contributed by atoms with Crippen molar-refractivity contribution in [2.24, 2.45) is 0 Å². The second kappa shape index (κ2) is 7.46. The van der Waals surface area contributed by atoms with Crippen molar-refractivity contribution in [3.63, 3.8) is 0 Å². The fourth-order valence-electron chi connectivity index (χ4n) is 3.20. The maximum absolute atomic E-state index is 13.2. The average Bonchev–Trinajstić information content (AvgIpc) is 2.65. The zero-order valence-corrected chi connectivity index (χ0v) is 15.2.